The van der Waals surface area contributed by atoms with Crippen molar-refractivity contribution < 1.29 is 14.3 Å². The Morgan fingerprint density at radius 3 is 2.86 bits per heavy atom. The smallest absolute Gasteiger partial charge is 0.227 e. The summed E-state index contributed by atoms with van der Waals surface area (Å²) in [4.78, 5) is 21.6. The average molecular weight is 510 g/mol. The van der Waals surface area contributed by atoms with Gasteiger partial charge in [0.05, 0.1) is 29.7 Å². The number of aromatic amines is 1. The monoisotopic (exact) mass is 509 g/mol. The van der Waals surface area contributed by atoms with Crippen molar-refractivity contribution in [1.82, 2.24) is 14.8 Å². The first-order valence-electron chi connectivity index (χ1n) is 13.1. The van der Waals surface area contributed by atoms with E-state index in [1.165, 1.54) is 16.5 Å². The maximum absolute atomic E-state index is 13.8. The van der Waals surface area contributed by atoms with Gasteiger partial charge in [-0.1, -0.05) is 43.6 Å². The molecule has 192 valence electrons. The number of aromatic nitrogens is 1. The van der Waals surface area contributed by atoms with Gasteiger partial charge in [0, 0.05) is 38.3 Å². The molecule has 0 radical (unpaired) electrons. The summed E-state index contributed by atoms with van der Waals surface area (Å²) in [7, 11) is 0. The van der Waals surface area contributed by atoms with E-state index in [0.29, 0.717) is 48.7 Å². The van der Waals surface area contributed by atoms with Crippen LogP contribution in [0.4, 0.5) is 0 Å². The van der Waals surface area contributed by atoms with Gasteiger partial charge in [-0.05, 0) is 60.5 Å². The highest BCUT2D eigenvalue weighted by Crippen LogP contribution is 2.39. The molecule has 1 amide bonds. The summed E-state index contributed by atoms with van der Waals surface area (Å²) in [5.41, 5.74) is 3.44. The summed E-state index contributed by atoms with van der Waals surface area (Å²) in [6, 6.07) is 12.7. The van der Waals surface area contributed by atoms with Crippen molar-refractivity contribution in [2.45, 2.75) is 46.2 Å². The van der Waals surface area contributed by atoms with Crippen molar-refractivity contribution in [3.63, 3.8) is 0 Å². The van der Waals surface area contributed by atoms with E-state index < -0.39 is 0 Å². The van der Waals surface area contributed by atoms with E-state index in [2.05, 4.69) is 54.9 Å². The second kappa shape index (κ2) is 10.7. The Balaban J connectivity index is 1.31. The zero-order valence-corrected chi connectivity index (χ0v) is 22.2. The van der Waals surface area contributed by atoms with Crippen LogP contribution >= 0.6 is 11.6 Å². The molecule has 1 aromatic heterocycles. The van der Waals surface area contributed by atoms with Gasteiger partial charge >= 0.3 is 0 Å². The first-order valence-corrected chi connectivity index (χ1v) is 13.5. The Morgan fingerprint density at radius 2 is 2.03 bits per heavy atom. The number of carbonyl (C=O) groups is 1. The molecule has 2 atom stereocenters. The third-order valence-corrected chi connectivity index (χ3v) is 7.60. The summed E-state index contributed by atoms with van der Waals surface area (Å²) in [6.07, 6.45) is 3.69. The molecule has 2 aliphatic heterocycles. The van der Waals surface area contributed by atoms with E-state index in [4.69, 9.17) is 21.1 Å². The number of nitrogens with one attached hydrogen (secondary N) is 1. The lowest BCUT2D eigenvalue weighted by atomic mass is 10.0. The minimum atomic E-state index is -0.00933. The Bertz CT molecular complexity index is 1220. The van der Waals surface area contributed by atoms with Crippen molar-refractivity contribution in [3.05, 3.63) is 58.7 Å². The molecule has 1 N–H and O–H groups in total. The molecule has 1 fully saturated rings. The van der Waals surface area contributed by atoms with Crippen molar-refractivity contribution in [2.75, 3.05) is 32.8 Å². The molecule has 0 bridgehead atoms. The van der Waals surface area contributed by atoms with E-state index in [9.17, 15) is 4.79 Å². The number of amides is 1. The second-order valence-corrected chi connectivity index (χ2v) is 10.9. The number of rotatable bonds is 7. The SMILES string of the molecule is CC(C)CN(Cc1cc(Cl)c2c(c1)OCCCO2)C(=O)[C@@H]1CCN(C(C)c2cccc3cc[nH]c23)C1. The third kappa shape index (κ3) is 5.21. The van der Waals surface area contributed by atoms with Gasteiger partial charge in [0.15, 0.2) is 11.5 Å². The summed E-state index contributed by atoms with van der Waals surface area (Å²) in [6.45, 7) is 10.7. The molecule has 1 unspecified atom stereocenters. The number of nitrogens with zero attached hydrogens (tertiary/aromatic N) is 2. The Morgan fingerprint density at radius 1 is 1.19 bits per heavy atom. The van der Waals surface area contributed by atoms with Crippen molar-refractivity contribution in [1.29, 1.82) is 0 Å². The van der Waals surface area contributed by atoms with Crippen molar-refractivity contribution in [3.8, 4) is 11.5 Å². The maximum Gasteiger partial charge on any atom is 0.227 e. The Kier molecular flexibility index (Phi) is 7.44. The molecule has 0 spiro atoms. The van der Waals surface area contributed by atoms with Gasteiger partial charge < -0.3 is 19.4 Å². The number of likely N-dealkylation sites (tertiary alicyclic amines) is 1. The molecule has 2 aliphatic rings. The Labute approximate surface area is 218 Å². The van der Waals surface area contributed by atoms with Gasteiger partial charge in [-0.3, -0.25) is 9.69 Å². The minimum absolute atomic E-state index is 0.00933. The normalized spacial score (nSPS) is 19.0. The summed E-state index contributed by atoms with van der Waals surface area (Å²) in [5.74, 6) is 1.86. The van der Waals surface area contributed by atoms with E-state index in [-0.39, 0.29) is 17.9 Å². The van der Waals surface area contributed by atoms with Gasteiger partial charge in [-0.15, -0.1) is 0 Å². The van der Waals surface area contributed by atoms with Crippen molar-refractivity contribution in [2.24, 2.45) is 11.8 Å². The molecular formula is C29H36ClN3O3. The van der Waals surface area contributed by atoms with Crippen LogP contribution in [0.3, 0.4) is 0 Å². The maximum atomic E-state index is 13.8. The van der Waals surface area contributed by atoms with Crippen LogP contribution < -0.4 is 9.47 Å². The number of hydrogen-bond acceptors (Lipinski definition) is 4. The number of halogens is 1. The zero-order valence-electron chi connectivity index (χ0n) is 21.4. The lowest BCUT2D eigenvalue weighted by Crippen LogP contribution is -2.39. The number of carbonyl (C=O) groups excluding carboxylic acids is 1. The molecule has 36 heavy (non-hydrogen) atoms. The molecule has 6 nitrogen and oxygen atoms in total. The predicted octanol–water partition coefficient (Wildman–Crippen LogP) is 6.05. The summed E-state index contributed by atoms with van der Waals surface area (Å²) < 4.78 is 11.7. The van der Waals surface area contributed by atoms with Crippen LogP contribution in [0.1, 0.15) is 50.8 Å². The first-order chi connectivity index (χ1) is 17.4. The fourth-order valence-electron chi connectivity index (χ4n) is 5.52. The van der Waals surface area contributed by atoms with Crippen LogP contribution in [0.25, 0.3) is 10.9 Å². The standard InChI is InChI=1S/C29H36ClN3O3/c1-19(2)16-33(17-21-14-25(30)28-26(15-21)35-12-5-13-36-28)29(34)23-9-11-32(18-23)20(3)24-7-4-6-22-8-10-31-27(22)24/h4,6-8,10,14-15,19-20,23,31H,5,9,11-13,16-18H2,1-3H3/t20?,23-/m1/s1. The van der Waals surface area contributed by atoms with Gasteiger partial charge in [-0.25, -0.2) is 0 Å². The fourth-order valence-corrected chi connectivity index (χ4v) is 5.81. The molecule has 1 saturated heterocycles. The predicted molar refractivity (Wildman–Crippen MR) is 144 cm³/mol. The summed E-state index contributed by atoms with van der Waals surface area (Å²) >= 11 is 6.54. The number of H-pyrrole nitrogens is 1. The highest BCUT2D eigenvalue weighted by molar-refractivity contribution is 6.32. The Hall–Kier alpha value is -2.70. The average Bonchev–Trinajstić information content (AvgIpc) is 3.48. The number of hydrogen-bond donors (Lipinski definition) is 1. The lowest BCUT2D eigenvalue weighted by Gasteiger charge is -2.29. The fraction of sp³-hybridized carbons (Fsp3) is 0.483. The first kappa shape index (κ1) is 25.0. The summed E-state index contributed by atoms with van der Waals surface area (Å²) in [5, 5.41) is 1.77. The highest BCUT2D eigenvalue weighted by atomic mass is 35.5. The van der Waals surface area contributed by atoms with Crippen LogP contribution in [0.5, 0.6) is 11.5 Å². The number of ether oxygens (including phenoxy) is 2. The molecule has 2 aromatic carbocycles. The van der Waals surface area contributed by atoms with E-state index >= 15 is 0 Å². The molecule has 5 rings (SSSR count). The van der Waals surface area contributed by atoms with Crippen LogP contribution in [0.2, 0.25) is 5.02 Å². The lowest BCUT2D eigenvalue weighted by molar-refractivity contribution is -0.136. The van der Waals surface area contributed by atoms with Gasteiger partial charge in [-0.2, -0.15) is 0 Å². The quantitative estimate of drug-likeness (QED) is 0.421. The van der Waals surface area contributed by atoms with Crippen molar-refractivity contribution >= 4 is 28.4 Å². The molecule has 3 aromatic rings. The van der Waals surface area contributed by atoms with E-state index in [1.54, 1.807) is 0 Å². The third-order valence-electron chi connectivity index (χ3n) is 7.32. The van der Waals surface area contributed by atoms with Gasteiger partial charge in [0.2, 0.25) is 5.91 Å². The van der Waals surface area contributed by atoms with Crippen LogP contribution in [-0.2, 0) is 11.3 Å². The molecule has 0 saturated carbocycles. The van der Waals surface area contributed by atoms with Crippen LogP contribution in [0.15, 0.2) is 42.6 Å². The van der Waals surface area contributed by atoms with Gasteiger partial charge in [0.1, 0.15) is 0 Å². The molecule has 7 heteroatoms. The highest BCUT2D eigenvalue weighted by Gasteiger charge is 2.34. The topological polar surface area (TPSA) is 57.8 Å². The minimum Gasteiger partial charge on any atom is -0.489 e. The van der Waals surface area contributed by atoms with E-state index in [0.717, 1.165) is 31.5 Å². The molecular weight excluding hydrogens is 474 g/mol. The second-order valence-electron chi connectivity index (χ2n) is 10.5. The number of para-hydroxylation sites is 1. The molecule has 0 aliphatic carbocycles. The largest absolute Gasteiger partial charge is 0.489 e. The van der Waals surface area contributed by atoms with Crippen LogP contribution in [-0.4, -0.2) is 53.5 Å². The number of fused-ring (bicyclic) bond motifs is 2. The van der Waals surface area contributed by atoms with Crippen LogP contribution in [0, 0.1) is 11.8 Å². The number of benzene rings is 2. The molecule has 3 heterocycles. The zero-order chi connectivity index (χ0) is 25.2. The van der Waals surface area contributed by atoms with E-state index in [1.807, 2.05) is 23.2 Å². The van der Waals surface area contributed by atoms with Gasteiger partial charge in [0.25, 0.3) is 0 Å².